The van der Waals surface area contributed by atoms with Gasteiger partial charge in [0.25, 0.3) is 0 Å². The van der Waals surface area contributed by atoms with Crippen LogP contribution in [0.25, 0.3) is 16.8 Å². The van der Waals surface area contributed by atoms with E-state index in [0.29, 0.717) is 18.7 Å². The van der Waals surface area contributed by atoms with E-state index in [4.69, 9.17) is 9.72 Å². The molecular formula is C24H27N5O. The van der Waals surface area contributed by atoms with Crippen LogP contribution in [0, 0.1) is 0 Å². The molecule has 3 atom stereocenters. The minimum absolute atomic E-state index is 0.533. The Bertz CT molecular complexity index is 1060. The van der Waals surface area contributed by atoms with Crippen LogP contribution in [0.3, 0.4) is 0 Å². The Morgan fingerprint density at radius 2 is 1.93 bits per heavy atom. The zero-order chi connectivity index (χ0) is 20.1. The second-order valence-corrected chi connectivity index (χ2v) is 8.82. The Balaban J connectivity index is 1.27. The van der Waals surface area contributed by atoms with E-state index in [1.54, 1.807) is 6.20 Å². The summed E-state index contributed by atoms with van der Waals surface area (Å²) in [4.78, 5) is 7.28. The molecule has 2 bridgehead atoms. The van der Waals surface area contributed by atoms with Gasteiger partial charge in [-0.15, -0.1) is 0 Å². The molecule has 0 saturated carbocycles. The summed E-state index contributed by atoms with van der Waals surface area (Å²) in [6.07, 6.45) is 10.1. The second-order valence-electron chi connectivity index (χ2n) is 8.82. The number of nitrogens with one attached hydrogen (secondary N) is 1. The van der Waals surface area contributed by atoms with Crippen molar-refractivity contribution in [2.45, 2.75) is 56.8 Å². The quantitative estimate of drug-likeness (QED) is 0.721. The molecular weight excluding hydrogens is 374 g/mol. The van der Waals surface area contributed by atoms with Crippen LogP contribution in [0.4, 0.5) is 5.82 Å². The van der Waals surface area contributed by atoms with Crippen molar-refractivity contribution < 1.29 is 4.74 Å². The van der Waals surface area contributed by atoms with Crippen molar-refractivity contribution in [1.29, 1.82) is 0 Å². The summed E-state index contributed by atoms with van der Waals surface area (Å²) in [6, 6.07) is 14.6. The molecule has 0 radical (unpaired) electrons. The lowest BCUT2D eigenvalue weighted by Gasteiger charge is -2.31. The summed E-state index contributed by atoms with van der Waals surface area (Å²) in [6.45, 7) is 0.536. The Morgan fingerprint density at radius 1 is 1.07 bits per heavy atom. The average molecular weight is 402 g/mol. The number of pyridine rings is 1. The van der Waals surface area contributed by atoms with Crippen LogP contribution < -0.4 is 15.0 Å². The third kappa shape index (κ3) is 3.06. The van der Waals surface area contributed by atoms with Gasteiger partial charge in [0.15, 0.2) is 0 Å². The van der Waals surface area contributed by atoms with E-state index >= 15 is 0 Å². The van der Waals surface area contributed by atoms with E-state index in [2.05, 4.69) is 52.7 Å². The van der Waals surface area contributed by atoms with E-state index in [1.807, 2.05) is 16.9 Å². The minimum Gasteiger partial charge on any atom is -0.472 e. The van der Waals surface area contributed by atoms with Gasteiger partial charge in [0, 0.05) is 43.1 Å². The van der Waals surface area contributed by atoms with E-state index < -0.39 is 0 Å². The fraction of sp³-hybridized carbons (Fsp3) is 0.417. The van der Waals surface area contributed by atoms with Gasteiger partial charge in [-0.3, -0.25) is 0 Å². The largest absolute Gasteiger partial charge is 0.472 e. The van der Waals surface area contributed by atoms with Crippen molar-refractivity contribution in [3.05, 3.63) is 54.4 Å². The molecule has 3 aliphatic heterocycles. The van der Waals surface area contributed by atoms with Crippen LogP contribution in [-0.2, 0) is 6.61 Å². The van der Waals surface area contributed by atoms with Gasteiger partial charge in [0.2, 0.25) is 5.88 Å². The van der Waals surface area contributed by atoms with Gasteiger partial charge in [-0.05, 0) is 73.6 Å². The van der Waals surface area contributed by atoms with Crippen LogP contribution >= 0.6 is 0 Å². The van der Waals surface area contributed by atoms with Crippen molar-refractivity contribution in [2.24, 2.45) is 0 Å². The van der Waals surface area contributed by atoms with Crippen LogP contribution in [0.1, 0.15) is 37.7 Å². The first-order valence-electron chi connectivity index (χ1n) is 11.0. The maximum atomic E-state index is 6.09. The highest BCUT2D eigenvalue weighted by molar-refractivity contribution is 5.75. The molecule has 0 aliphatic carbocycles. The zero-order valence-electron chi connectivity index (χ0n) is 17.3. The molecule has 2 fully saturated rings. The standard InChI is InChI=1S/C24H27N5O/c1-28(19-6-5-17-3-4-18(14-19)26-17)23-10-9-22-21-8-7-20(29-12-2-11-25-29)13-16(21)15-30-24(22)27-23/h2,7-13,17-19,26H,3-6,14-15H2,1H3. The van der Waals surface area contributed by atoms with E-state index in [1.165, 1.54) is 43.2 Å². The number of rotatable bonds is 3. The van der Waals surface area contributed by atoms with Crippen LogP contribution in [-0.4, -0.2) is 39.9 Å². The van der Waals surface area contributed by atoms with Gasteiger partial charge >= 0.3 is 0 Å². The van der Waals surface area contributed by atoms with Gasteiger partial charge in [0.1, 0.15) is 12.4 Å². The van der Waals surface area contributed by atoms with Gasteiger partial charge in [-0.25, -0.2) is 4.68 Å². The molecule has 3 aromatic rings. The van der Waals surface area contributed by atoms with Crippen molar-refractivity contribution in [3.63, 3.8) is 0 Å². The molecule has 0 spiro atoms. The molecule has 6 nitrogen and oxygen atoms in total. The minimum atomic E-state index is 0.533. The Kier molecular flexibility index (Phi) is 4.27. The van der Waals surface area contributed by atoms with Gasteiger partial charge in [0.05, 0.1) is 5.69 Å². The second kappa shape index (κ2) is 7.13. The first-order chi connectivity index (χ1) is 14.7. The van der Waals surface area contributed by atoms with Gasteiger partial charge in [-0.2, -0.15) is 10.1 Å². The fourth-order valence-corrected chi connectivity index (χ4v) is 5.31. The number of fused-ring (bicyclic) bond motifs is 5. The molecule has 2 aromatic heterocycles. The lowest BCUT2D eigenvalue weighted by Crippen LogP contribution is -2.36. The van der Waals surface area contributed by atoms with Gasteiger partial charge in [-0.1, -0.05) is 6.07 Å². The Morgan fingerprint density at radius 3 is 2.83 bits per heavy atom. The summed E-state index contributed by atoms with van der Waals surface area (Å²) in [5, 5.41) is 8.12. The first kappa shape index (κ1) is 18.0. The predicted octanol–water partition coefficient (Wildman–Crippen LogP) is 3.94. The highest BCUT2D eigenvalue weighted by Gasteiger charge is 2.32. The maximum absolute atomic E-state index is 6.09. The number of aromatic nitrogens is 3. The zero-order valence-corrected chi connectivity index (χ0v) is 17.3. The van der Waals surface area contributed by atoms with Crippen molar-refractivity contribution in [1.82, 2.24) is 20.1 Å². The molecule has 30 heavy (non-hydrogen) atoms. The number of anilines is 1. The van der Waals surface area contributed by atoms with Crippen molar-refractivity contribution >= 4 is 5.82 Å². The van der Waals surface area contributed by atoms with Crippen LogP contribution in [0.5, 0.6) is 5.88 Å². The summed E-state index contributed by atoms with van der Waals surface area (Å²) in [5.41, 5.74) is 4.49. The topological polar surface area (TPSA) is 55.2 Å². The van der Waals surface area contributed by atoms with Crippen LogP contribution in [0.15, 0.2) is 48.8 Å². The third-order valence-corrected chi connectivity index (χ3v) is 7.01. The van der Waals surface area contributed by atoms with E-state index in [9.17, 15) is 0 Å². The predicted molar refractivity (Wildman–Crippen MR) is 117 cm³/mol. The van der Waals surface area contributed by atoms with Crippen LogP contribution in [0.2, 0.25) is 0 Å². The molecule has 0 amide bonds. The third-order valence-electron chi connectivity index (χ3n) is 7.01. The van der Waals surface area contributed by atoms with E-state index in [-0.39, 0.29) is 0 Å². The van der Waals surface area contributed by atoms with Crippen molar-refractivity contribution in [3.8, 4) is 22.7 Å². The molecule has 154 valence electrons. The molecule has 1 N–H and O–H groups in total. The molecule has 5 heterocycles. The highest BCUT2D eigenvalue weighted by atomic mass is 16.5. The summed E-state index contributed by atoms with van der Waals surface area (Å²) >= 11 is 0. The average Bonchev–Trinajstić information content (AvgIpc) is 3.42. The van der Waals surface area contributed by atoms with Gasteiger partial charge < -0.3 is 15.0 Å². The highest BCUT2D eigenvalue weighted by Crippen LogP contribution is 2.39. The Hall–Kier alpha value is -2.86. The summed E-state index contributed by atoms with van der Waals surface area (Å²) in [7, 11) is 2.19. The number of benzene rings is 1. The molecule has 1 aromatic carbocycles. The number of hydrogen-bond donors (Lipinski definition) is 1. The lowest BCUT2D eigenvalue weighted by atomic mass is 9.95. The van der Waals surface area contributed by atoms with Crippen molar-refractivity contribution in [2.75, 3.05) is 11.9 Å². The summed E-state index contributed by atoms with van der Waals surface area (Å²) < 4.78 is 7.97. The first-order valence-corrected chi connectivity index (χ1v) is 11.0. The molecule has 2 saturated heterocycles. The summed E-state index contributed by atoms with van der Waals surface area (Å²) in [5.74, 6) is 1.75. The normalized spacial score (nSPS) is 24.5. The molecule has 3 unspecified atom stereocenters. The molecule has 6 rings (SSSR count). The van der Waals surface area contributed by atoms with E-state index in [0.717, 1.165) is 29.0 Å². The molecule has 3 aliphatic rings. The SMILES string of the molecule is CN(c1ccc2c(n1)OCc1cc(-n3cccn3)ccc1-2)C1CCC2CCC(C1)N2. The maximum Gasteiger partial charge on any atom is 0.223 e. The number of hydrogen-bond acceptors (Lipinski definition) is 5. The molecule has 6 heteroatoms. The monoisotopic (exact) mass is 401 g/mol. The number of nitrogens with zero attached hydrogens (tertiary/aromatic N) is 4. The Labute approximate surface area is 176 Å². The fourth-order valence-electron chi connectivity index (χ4n) is 5.31. The smallest absolute Gasteiger partial charge is 0.223 e. The number of ether oxygens (including phenoxy) is 1. The lowest BCUT2D eigenvalue weighted by molar-refractivity contribution is 0.290.